The molecule has 3 aliphatic heterocycles. The van der Waals surface area contributed by atoms with Gasteiger partial charge in [-0.05, 0) is 18.2 Å². The van der Waals surface area contributed by atoms with Gasteiger partial charge in [0.15, 0.2) is 5.78 Å². The third kappa shape index (κ3) is 2.17. The molecule has 10 nitrogen and oxygen atoms in total. The first kappa shape index (κ1) is 18.4. The fraction of sp³-hybridized carbons (Fsp3) is 0.250. The molecule has 0 saturated carbocycles. The van der Waals surface area contributed by atoms with Crippen LogP contribution < -0.4 is 4.74 Å². The average molecular weight is 414 g/mol. The number of carbonyl (C=O) groups excluding carboxylic acids is 2. The minimum atomic E-state index is -3.12. The van der Waals surface area contributed by atoms with Crippen LogP contribution in [-0.4, -0.2) is 56.1 Å². The van der Waals surface area contributed by atoms with Gasteiger partial charge in [0.2, 0.25) is 24.0 Å². The van der Waals surface area contributed by atoms with Crippen molar-refractivity contribution < 1.29 is 49.0 Å². The van der Waals surface area contributed by atoms with Crippen LogP contribution in [0.2, 0.25) is 0 Å². The van der Waals surface area contributed by atoms with E-state index in [1.54, 1.807) is 6.08 Å². The Morgan fingerprint density at radius 3 is 2.67 bits per heavy atom. The van der Waals surface area contributed by atoms with E-state index in [9.17, 15) is 34.8 Å². The average Bonchev–Trinajstić information content (AvgIpc) is 3.34. The number of aliphatic carboxylic acids is 1. The van der Waals surface area contributed by atoms with E-state index in [1.807, 2.05) is 0 Å². The van der Waals surface area contributed by atoms with Crippen LogP contribution in [0.3, 0.4) is 0 Å². The Bertz CT molecular complexity index is 1110. The summed E-state index contributed by atoms with van der Waals surface area (Å²) in [5.74, 6) is -6.76. The van der Waals surface area contributed by atoms with Crippen molar-refractivity contribution in [2.75, 3.05) is 0 Å². The molecule has 1 fully saturated rings. The maximum absolute atomic E-state index is 13.2. The number of ether oxygens (including phenoxy) is 3. The topological polar surface area (TPSA) is 160 Å². The number of carboxylic acids is 1. The molecule has 5 atom stereocenters. The molecule has 1 saturated heterocycles. The summed E-state index contributed by atoms with van der Waals surface area (Å²) in [6.07, 6.45) is 4.47. The van der Waals surface area contributed by atoms with E-state index in [1.165, 1.54) is 6.26 Å². The van der Waals surface area contributed by atoms with Crippen LogP contribution in [0, 0.1) is 5.92 Å². The third-order valence-corrected chi connectivity index (χ3v) is 5.70. The number of phenols is 2. The number of phenolic OH excluding ortho intramolecular Hbond substituents is 2. The highest BCUT2D eigenvalue weighted by Gasteiger charge is 2.56. The first-order valence-corrected chi connectivity index (χ1v) is 8.92. The molecule has 10 heteroatoms. The summed E-state index contributed by atoms with van der Waals surface area (Å²) in [6.45, 7) is 0. The van der Waals surface area contributed by atoms with Crippen LogP contribution in [0.5, 0.6) is 17.2 Å². The second-order valence-electron chi connectivity index (χ2n) is 7.24. The lowest BCUT2D eigenvalue weighted by Gasteiger charge is -2.27. The molecule has 0 bridgehead atoms. The number of ketones is 2. The quantitative estimate of drug-likeness (QED) is 0.405. The Hall–Kier alpha value is -3.63. The highest BCUT2D eigenvalue weighted by Crippen LogP contribution is 2.57. The zero-order chi connectivity index (χ0) is 21.4. The van der Waals surface area contributed by atoms with Gasteiger partial charge in [-0.2, -0.15) is 0 Å². The molecule has 5 rings (SSSR count). The largest absolute Gasteiger partial charge is 0.507 e. The number of carboxylic acid groups (broad SMARTS) is 1. The summed E-state index contributed by atoms with van der Waals surface area (Å²) < 4.78 is 16.5. The molecule has 4 N–H and O–H groups in total. The first-order chi connectivity index (χ1) is 14.2. The molecule has 0 spiro atoms. The van der Waals surface area contributed by atoms with Gasteiger partial charge < -0.3 is 34.6 Å². The van der Waals surface area contributed by atoms with Crippen LogP contribution in [0.15, 0.2) is 42.2 Å². The number of rotatable bonds is 3. The standard InChI is InChI=1S/C20H14O10/c21-9-6-10-14(12-7-4-5-28-18(7)30-19(12)29-10)15(23)13(9)16(24)20(27)8(17(25)26)2-1-3-11(20)22/h1-7,12,18-19,21,23,27H,(H,25,26)/t7-,12?,18+,19?,20?/m0/s1. The van der Waals surface area contributed by atoms with Crippen LogP contribution in [0.4, 0.5) is 0 Å². The molecule has 1 aliphatic carbocycles. The highest BCUT2D eigenvalue weighted by atomic mass is 16.8. The lowest BCUT2D eigenvalue weighted by molar-refractivity contribution is -0.150. The van der Waals surface area contributed by atoms with Gasteiger partial charge in [0.1, 0.15) is 22.8 Å². The van der Waals surface area contributed by atoms with Gasteiger partial charge in [-0.15, -0.1) is 0 Å². The van der Waals surface area contributed by atoms with E-state index in [0.29, 0.717) is 0 Å². The molecule has 4 aliphatic rings. The molecule has 0 radical (unpaired) electrons. The van der Waals surface area contributed by atoms with Gasteiger partial charge in [-0.25, -0.2) is 4.79 Å². The molecule has 3 unspecified atom stereocenters. The Morgan fingerprint density at radius 2 is 1.93 bits per heavy atom. The molecule has 1 aromatic carbocycles. The zero-order valence-corrected chi connectivity index (χ0v) is 15.0. The van der Waals surface area contributed by atoms with E-state index in [0.717, 1.165) is 24.3 Å². The van der Waals surface area contributed by atoms with Crippen LogP contribution in [0.25, 0.3) is 0 Å². The van der Waals surface area contributed by atoms with E-state index < -0.39 is 64.3 Å². The van der Waals surface area contributed by atoms with Crippen molar-refractivity contribution in [3.8, 4) is 17.2 Å². The minimum Gasteiger partial charge on any atom is -0.507 e. The lowest BCUT2D eigenvalue weighted by Crippen LogP contribution is -2.50. The second kappa shape index (κ2) is 5.94. The number of fused-ring (bicyclic) bond motifs is 5. The Balaban J connectivity index is 1.65. The van der Waals surface area contributed by atoms with Gasteiger partial charge >= 0.3 is 5.97 Å². The monoisotopic (exact) mass is 414 g/mol. The number of aliphatic hydroxyl groups is 1. The number of carbonyl (C=O) groups is 3. The molecule has 0 aromatic heterocycles. The maximum Gasteiger partial charge on any atom is 0.335 e. The Morgan fingerprint density at radius 1 is 1.17 bits per heavy atom. The van der Waals surface area contributed by atoms with Crippen LogP contribution in [0.1, 0.15) is 21.8 Å². The third-order valence-electron chi connectivity index (χ3n) is 5.70. The number of aromatic hydroxyl groups is 2. The van der Waals surface area contributed by atoms with Gasteiger partial charge in [0, 0.05) is 11.6 Å². The number of hydrogen-bond donors (Lipinski definition) is 4. The predicted octanol–water partition coefficient (Wildman–Crippen LogP) is 0.480. The number of hydrogen-bond acceptors (Lipinski definition) is 9. The molecule has 154 valence electrons. The fourth-order valence-corrected chi connectivity index (χ4v) is 4.30. The van der Waals surface area contributed by atoms with E-state index in [2.05, 4.69) is 0 Å². The molecular formula is C20H14O10. The normalized spacial score (nSPS) is 32.7. The van der Waals surface area contributed by atoms with Crippen LogP contribution in [-0.2, 0) is 19.1 Å². The van der Waals surface area contributed by atoms with Gasteiger partial charge in [-0.1, -0.05) is 6.08 Å². The van der Waals surface area contributed by atoms with Crippen molar-refractivity contribution in [1.29, 1.82) is 0 Å². The van der Waals surface area contributed by atoms with Crippen molar-refractivity contribution >= 4 is 17.5 Å². The summed E-state index contributed by atoms with van der Waals surface area (Å²) >= 11 is 0. The summed E-state index contributed by atoms with van der Waals surface area (Å²) in [4.78, 5) is 37.0. The number of Topliss-reactive ketones (excluding diaryl/α,β-unsaturated/α-hetero) is 1. The second-order valence-corrected chi connectivity index (χ2v) is 7.24. The molecule has 30 heavy (non-hydrogen) atoms. The highest BCUT2D eigenvalue weighted by molar-refractivity contribution is 6.28. The maximum atomic E-state index is 13.2. The SMILES string of the molecule is O=C(O)C1=CC=CC(=O)C1(O)C(=O)c1c(O)cc2c(c1O)C1C(O2)O[C@H]2OC=C[C@@H]12. The van der Waals surface area contributed by atoms with E-state index >= 15 is 0 Å². The molecular weight excluding hydrogens is 400 g/mol. The molecule has 1 aromatic rings. The first-order valence-electron chi connectivity index (χ1n) is 8.92. The van der Waals surface area contributed by atoms with Crippen molar-refractivity contribution in [3.05, 3.63) is 53.3 Å². The van der Waals surface area contributed by atoms with Gasteiger partial charge in [0.25, 0.3) is 0 Å². The fourth-order valence-electron chi connectivity index (χ4n) is 4.30. The molecule has 0 amide bonds. The Kier molecular flexibility index (Phi) is 3.64. The van der Waals surface area contributed by atoms with Gasteiger partial charge in [-0.3, -0.25) is 9.59 Å². The predicted molar refractivity (Wildman–Crippen MR) is 94.7 cm³/mol. The zero-order valence-electron chi connectivity index (χ0n) is 15.0. The van der Waals surface area contributed by atoms with E-state index in [-0.39, 0.29) is 17.2 Å². The van der Waals surface area contributed by atoms with Crippen LogP contribution >= 0.6 is 0 Å². The van der Waals surface area contributed by atoms with E-state index in [4.69, 9.17) is 14.2 Å². The smallest absolute Gasteiger partial charge is 0.335 e. The summed E-state index contributed by atoms with van der Waals surface area (Å²) in [5.41, 5.74) is -4.67. The summed E-state index contributed by atoms with van der Waals surface area (Å²) in [6, 6.07) is 1.05. The van der Waals surface area contributed by atoms with Crippen molar-refractivity contribution in [3.63, 3.8) is 0 Å². The molecule has 3 heterocycles. The summed E-state index contributed by atoms with van der Waals surface area (Å²) in [5, 5.41) is 41.5. The minimum absolute atomic E-state index is 0.0613. The number of allylic oxidation sites excluding steroid dienone is 2. The van der Waals surface area contributed by atoms with Crippen molar-refractivity contribution in [2.45, 2.75) is 24.1 Å². The van der Waals surface area contributed by atoms with Crippen molar-refractivity contribution in [2.24, 2.45) is 5.92 Å². The van der Waals surface area contributed by atoms with Gasteiger partial charge in [0.05, 0.1) is 23.7 Å². The summed E-state index contributed by atoms with van der Waals surface area (Å²) in [7, 11) is 0. The lowest BCUT2D eigenvalue weighted by atomic mass is 9.77. The Labute approximate surface area is 167 Å². The number of benzene rings is 1. The van der Waals surface area contributed by atoms with Crippen molar-refractivity contribution in [1.82, 2.24) is 0 Å².